The van der Waals surface area contributed by atoms with Crippen molar-refractivity contribution in [2.24, 2.45) is 5.92 Å². The first-order valence-electron chi connectivity index (χ1n) is 5.42. The van der Waals surface area contributed by atoms with E-state index in [2.05, 4.69) is 20.8 Å². The van der Waals surface area contributed by atoms with Gasteiger partial charge in [-0.05, 0) is 18.8 Å². The van der Waals surface area contributed by atoms with E-state index in [1.807, 2.05) is 0 Å². The highest BCUT2D eigenvalue weighted by molar-refractivity contribution is 4.55. The standard InChI is InChI=1S/C11H24O/c1-4-7-8-11(6-3)10-12-9-5-2/h11H,4-10H2,1-3H3. The SMILES string of the molecule is CCCCC(CC)COCCC. The van der Waals surface area contributed by atoms with Crippen molar-refractivity contribution in [3.05, 3.63) is 0 Å². The van der Waals surface area contributed by atoms with Crippen LogP contribution in [-0.4, -0.2) is 13.2 Å². The van der Waals surface area contributed by atoms with Crippen molar-refractivity contribution in [2.45, 2.75) is 52.9 Å². The average Bonchev–Trinajstić information content (AvgIpc) is 2.11. The summed E-state index contributed by atoms with van der Waals surface area (Å²) in [4.78, 5) is 0. The Balaban J connectivity index is 3.26. The fourth-order valence-corrected chi connectivity index (χ4v) is 1.29. The summed E-state index contributed by atoms with van der Waals surface area (Å²) in [6.07, 6.45) is 6.42. The zero-order valence-electron chi connectivity index (χ0n) is 8.94. The van der Waals surface area contributed by atoms with Crippen molar-refractivity contribution in [2.75, 3.05) is 13.2 Å². The van der Waals surface area contributed by atoms with Crippen LogP contribution in [0.3, 0.4) is 0 Å². The Morgan fingerprint density at radius 2 is 1.83 bits per heavy atom. The number of unbranched alkanes of at least 4 members (excludes halogenated alkanes) is 1. The molecule has 0 aromatic rings. The van der Waals surface area contributed by atoms with Crippen LogP contribution < -0.4 is 0 Å². The van der Waals surface area contributed by atoms with Gasteiger partial charge in [-0.1, -0.05) is 40.0 Å². The van der Waals surface area contributed by atoms with Crippen LogP contribution in [0.5, 0.6) is 0 Å². The summed E-state index contributed by atoms with van der Waals surface area (Å²) in [6, 6.07) is 0. The van der Waals surface area contributed by atoms with Crippen LogP contribution in [0, 0.1) is 5.92 Å². The van der Waals surface area contributed by atoms with E-state index in [1.165, 1.54) is 25.7 Å². The lowest BCUT2D eigenvalue weighted by molar-refractivity contribution is 0.0944. The fraction of sp³-hybridized carbons (Fsp3) is 1.00. The van der Waals surface area contributed by atoms with E-state index in [4.69, 9.17) is 4.74 Å². The van der Waals surface area contributed by atoms with Gasteiger partial charge >= 0.3 is 0 Å². The Morgan fingerprint density at radius 1 is 1.08 bits per heavy atom. The van der Waals surface area contributed by atoms with Crippen LogP contribution in [0.15, 0.2) is 0 Å². The first-order chi connectivity index (χ1) is 5.85. The summed E-state index contributed by atoms with van der Waals surface area (Å²) >= 11 is 0. The number of hydrogen-bond donors (Lipinski definition) is 0. The van der Waals surface area contributed by atoms with Gasteiger partial charge in [-0.3, -0.25) is 0 Å². The van der Waals surface area contributed by atoms with Crippen LogP contribution in [0.25, 0.3) is 0 Å². The molecule has 0 aromatic carbocycles. The molecule has 1 heteroatoms. The highest BCUT2D eigenvalue weighted by Crippen LogP contribution is 2.12. The summed E-state index contributed by atoms with van der Waals surface area (Å²) in [5, 5.41) is 0. The molecular weight excluding hydrogens is 148 g/mol. The Kier molecular flexibility index (Phi) is 9.02. The maximum absolute atomic E-state index is 5.53. The monoisotopic (exact) mass is 172 g/mol. The van der Waals surface area contributed by atoms with Crippen molar-refractivity contribution in [3.63, 3.8) is 0 Å². The summed E-state index contributed by atoms with van der Waals surface area (Å²) in [6.45, 7) is 8.58. The highest BCUT2D eigenvalue weighted by Gasteiger charge is 2.04. The Morgan fingerprint density at radius 3 is 2.33 bits per heavy atom. The Labute approximate surface area is 77.5 Å². The summed E-state index contributed by atoms with van der Waals surface area (Å²) in [5.41, 5.74) is 0. The maximum Gasteiger partial charge on any atom is 0.0494 e. The van der Waals surface area contributed by atoms with E-state index in [-0.39, 0.29) is 0 Å². The second-order valence-corrected chi connectivity index (χ2v) is 3.49. The number of ether oxygens (including phenoxy) is 1. The third-order valence-electron chi connectivity index (χ3n) is 2.25. The molecular formula is C11H24O. The van der Waals surface area contributed by atoms with E-state index in [1.54, 1.807) is 0 Å². The van der Waals surface area contributed by atoms with Crippen LogP contribution >= 0.6 is 0 Å². The van der Waals surface area contributed by atoms with Gasteiger partial charge in [-0.2, -0.15) is 0 Å². The molecule has 0 amide bonds. The molecule has 74 valence electrons. The van der Waals surface area contributed by atoms with Gasteiger partial charge in [0.2, 0.25) is 0 Å². The summed E-state index contributed by atoms with van der Waals surface area (Å²) in [7, 11) is 0. The van der Waals surface area contributed by atoms with Crippen molar-refractivity contribution in [1.29, 1.82) is 0 Å². The molecule has 0 aliphatic rings. The molecule has 0 aromatic heterocycles. The van der Waals surface area contributed by atoms with E-state index in [0.717, 1.165) is 25.6 Å². The fourth-order valence-electron chi connectivity index (χ4n) is 1.29. The first kappa shape index (κ1) is 12.0. The minimum Gasteiger partial charge on any atom is -0.381 e. The number of rotatable bonds is 8. The van der Waals surface area contributed by atoms with Crippen LogP contribution in [0.2, 0.25) is 0 Å². The molecule has 0 heterocycles. The van der Waals surface area contributed by atoms with E-state index >= 15 is 0 Å². The summed E-state index contributed by atoms with van der Waals surface area (Å²) < 4.78 is 5.53. The van der Waals surface area contributed by atoms with Gasteiger partial charge in [-0.15, -0.1) is 0 Å². The first-order valence-corrected chi connectivity index (χ1v) is 5.42. The lowest BCUT2D eigenvalue weighted by Gasteiger charge is -2.13. The zero-order valence-corrected chi connectivity index (χ0v) is 8.94. The molecule has 0 saturated carbocycles. The van der Waals surface area contributed by atoms with Gasteiger partial charge < -0.3 is 4.74 Å². The van der Waals surface area contributed by atoms with Crippen LogP contribution in [0.4, 0.5) is 0 Å². The lowest BCUT2D eigenvalue weighted by Crippen LogP contribution is -2.09. The molecule has 0 spiro atoms. The average molecular weight is 172 g/mol. The minimum absolute atomic E-state index is 0.802. The van der Waals surface area contributed by atoms with Gasteiger partial charge in [-0.25, -0.2) is 0 Å². The molecule has 1 unspecified atom stereocenters. The Hall–Kier alpha value is -0.0400. The molecule has 1 atom stereocenters. The van der Waals surface area contributed by atoms with Crippen molar-refractivity contribution in [3.8, 4) is 0 Å². The molecule has 0 saturated heterocycles. The maximum atomic E-state index is 5.53. The molecule has 0 bridgehead atoms. The van der Waals surface area contributed by atoms with E-state index in [9.17, 15) is 0 Å². The molecule has 0 N–H and O–H groups in total. The third-order valence-corrected chi connectivity index (χ3v) is 2.25. The van der Waals surface area contributed by atoms with Gasteiger partial charge in [0.15, 0.2) is 0 Å². The second kappa shape index (κ2) is 9.05. The normalized spacial score (nSPS) is 13.2. The van der Waals surface area contributed by atoms with E-state index in [0.29, 0.717) is 0 Å². The van der Waals surface area contributed by atoms with Gasteiger partial charge in [0.25, 0.3) is 0 Å². The van der Waals surface area contributed by atoms with Crippen LogP contribution in [0.1, 0.15) is 52.9 Å². The van der Waals surface area contributed by atoms with Gasteiger partial charge in [0, 0.05) is 13.2 Å². The molecule has 0 radical (unpaired) electrons. The van der Waals surface area contributed by atoms with E-state index < -0.39 is 0 Å². The van der Waals surface area contributed by atoms with Crippen molar-refractivity contribution < 1.29 is 4.74 Å². The second-order valence-electron chi connectivity index (χ2n) is 3.49. The predicted octanol–water partition coefficient (Wildman–Crippen LogP) is 3.63. The lowest BCUT2D eigenvalue weighted by atomic mass is 10.0. The van der Waals surface area contributed by atoms with Gasteiger partial charge in [0.05, 0.1) is 0 Å². The summed E-state index contributed by atoms with van der Waals surface area (Å²) in [5.74, 6) is 0.802. The van der Waals surface area contributed by atoms with Crippen LogP contribution in [-0.2, 0) is 4.74 Å². The Bertz CT molecular complexity index is 81.1. The molecule has 0 rings (SSSR count). The highest BCUT2D eigenvalue weighted by atomic mass is 16.5. The smallest absolute Gasteiger partial charge is 0.0494 e. The van der Waals surface area contributed by atoms with Crippen molar-refractivity contribution in [1.82, 2.24) is 0 Å². The molecule has 0 fully saturated rings. The van der Waals surface area contributed by atoms with Crippen molar-refractivity contribution >= 4 is 0 Å². The largest absolute Gasteiger partial charge is 0.381 e. The quantitative estimate of drug-likeness (QED) is 0.508. The minimum atomic E-state index is 0.802. The predicted molar refractivity (Wildman–Crippen MR) is 54.4 cm³/mol. The zero-order chi connectivity index (χ0) is 9.23. The molecule has 0 aliphatic heterocycles. The molecule has 1 nitrogen and oxygen atoms in total. The molecule has 0 aliphatic carbocycles. The van der Waals surface area contributed by atoms with Gasteiger partial charge in [0.1, 0.15) is 0 Å². The number of hydrogen-bond acceptors (Lipinski definition) is 1. The topological polar surface area (TPSA) is 9.23 Å². The third kappa shape index (κ3) is 6.66. The molecule has 12 heavy (non-hydrogen) atoms.